The Morgan fingerprint density at radius 2 is 1.39 bits per heavy atom. The average molecular weight is 350 g/mol. The fraction of sp³-hybridized carbons (Fsp3) is 0.222. The van der Waals surface area contributed by atoms with E-state index in [1.54, 1.807) is 48.3 Å². The summed E-state index contributed by atoms with van der Waals surface area (Å²) in [6.45, 7) is 0.491. The molecule has 0 bridgehead atoms. The zero-order valence-electron chi connectivity index (χ0n) is 12.8. The quantitative estimate of drug-likeness (QED) is 0.713. The molecular weight excluding hydrogens is 333 g/mol. The summed E-state index contributed by atoms with van der Waals surface area (Å²) in [5, 5.41) is 1.25. The van der Waals surface area contributed by atoms with Crippen LogP contribution >= 0.6 is 23.2 Å². The zero-order valence-corrected chi connectivity index (χ0v) is 14.3. The number of Topliss-reactive ketones (excluding diaryl/α,β-unsaturated/α-hetero) is 1. The van der Waals surface area contributed by atoms with Crippen molar-refractivity contribution in [2.45, 2.75) is 19.4 Å². The van der Waals surface area contributed by atoms with Gasteiger partial charge in [0.2, 0.25) is 5.91 Å². The average Bonchev–Trinajstić information content (AvgIpc) is 2.55. The minimum absolute atomic E-state index is 0.0603. The van der Waals surface area contributed by atoms with Gasteiger partial charge in [-0.2, -0.15) is 0 Å². The van der Waals surface area contributed by atoms with Crippen LogP contribution in [0.4, 0.5) is 0 Å². The monoisotopic (exact) mass is 349 g/mol. The maximum absolute atomic E-state index is 12.1. The summed E-state index contributed by atoms with van der Waals surface area (Å²) < 4.78 is 0. The highest BCUT2D eigenvalue weighted by Crippen LogP contribution is 2.14. The molecule has 3 nitrogen and oxygen atoms in total. The molecule has 0 radical (unpaired) electrons. The molecule has 0 heterocycles. The van der Waals surface area contributed by atoms with E-state index in [2.05, 4.69) is 0 Å². The van der Waals surface area contributed by atoms with Gasteiger partial charge in [-0.15, -0.1) is 0 Å². The van der Waals surface area contributed by atoms with E-state index < -0.39 is 0 Å². The fourth-order valence-corrected chi connectivity index (χ4v) is 2.40. The lowest BCUT2D eigenvalue weighted by molar-refractivity contribution is -0.130. The van der Waals surface area contributed by atoms with E-state index in [-0.39, 0.29) is 24.5 Å². The van der Waals surface area contributed by atoms with Crippen molar-refractivity contribution in [1.82, 2.24) is 4.90 Å². The predicted octanol–water partition coefficient (Wildman–Crippen LogP) is 4.61. The molecule has 0 aromatic heterocycles. The molecule has 0 unspecified atom stereocenters. The van der Waals surface area contributed by atoms with Crippen LogP contribution in [0.5, 0.6) is 0 Å². The van der Waals surface area contributed by atoms with Gasteiger partial charge in [-0.1, -0.05) is 35.3 Å². The second kappa shape index (κ2) is 8.14. The third-order valence-corrected chi connectivity index (χ3v) is 3.99. The number of halogens is 2. The van der Waals surface area contributed by atoms with Gasteiger partial charge in [0.15, 0.2) is 5.78 Å². The number of hydrogen-bond donors (Lipinski definition) is 0. The number of hydrogen-bond acceptors (Lipinski definition) is 2. The molecule has 1 amide bonds. The minimum atomic E-state index is -0.0673. The van der Waals surface area contributed by atoms with E-state index in [0.717, 1.165) is 5.56 Å². The highest BCUT2D eigenvalue weighted by Gasteiger charge is 2.13. The molecule has 5 heteroatoms. The van der Waals surface area contributed by atoms with E-state index in [9.17, 15) is 9.59 Å². The standard InChI is InChI=1S/C18H17Cl2NO2/c1-21(12-13-2-6-15(19)7-3-13)18(23)11-10-17(22)14-4-8-16(20)9-5-14/h2-9H,10-12H2,1H3. The van der Waals surface area contributed by atoms with Crippen LogP contribution in [0.25, 0.3) is 0 Å². The van der Waals surface area contributed by atoms with Gasteiger partial charge >= 0.3 is 0 Å². The Kier molecular flexibility index (Phi) is 6.20. The van der Waals surface area contributed by atoms with Crippen LogP contribution < -0.4 is 0 Å². The van der Waals surface area contributed by atoms with Gasteiger partial charge in [-0.05, 0) is 42.0 Å². The van der Waals surface area contributed by atoms with Crippen molar-refractivity contribution in [1.29, 1.82) is 0 Å². The molecule has 2 rings (SSSR count). The van der Waals surface area contributed by atoms with Gasteiger partial charge in [0, 0.05) is 42.0 Å². The largest absolute Gasteiger partial charge is 0.341 e. The van der Waals surface area contributed by atoms with Crippen LogP contribution in [0.2, 0.25) is 10.0 Å². The summed E-state index contributed by atoms with van der Waals surface area (Å²) in [6.07, 6.45) is 0.372. The molecule has 23 heavy (non-hydrogen) atoms. The summed E-state index contributed by atoms with van der Waals surface area (Å²) in [6, 6.07) is 14.0. The van der Waals surface area contributed by atoms with Crippen molar-refractivity contribution in [2.75, 3.05) is 7.05 Å². The first-order chi connectivity index (χ1) is 11.0. The van der Waals surface area contributed by atoms with E-state index in [1.165, 1.54) is 0 Å². The highest BCUT2D eigenvalue weighted by molar-refractivity contribution is 6.30. The molecule has 0 saturated heterocycles. The van der Waals surface area contributed by atoms with Crippen molar-refractivity contribution >= 4 is 34.9 Å². The summed E-state index contributed by atoms with van der Waals surface area (Å²) in [4.78, 5) is 25.8. The molecule has 0 spiro atoms. The first-order valence-corrected chi connectivity index (χ1v) is 7.98. The van der Waals surface area contributed by atoms with Crippen molar-refractivity contribution in [2.24, 2.45) is 0 Å². The Morgan fingerprint density at radius 3 is 1.96 bits per heavy atom. The number of carbonyl (C=O) groups excluding carboxylic acids is 2. The molecule has 0 saturated carbocycles. The summed E-state index contributed by atoms with van der Waals surface area (Å²) in [5.41, 5.74) is 1.57. The van der Waals surface area contributed by atoms with Crippen LogP contribution in [0, 0.1) is 0 Å². The summed E-state index contributed by atoms with van der Waals surface area (Å²) in [7, 11) is 1.73. The molecule has 0 fully saturated rings. The van der Waals surface area contributed by atoms with Gasteiger partial charge < -0.3 is 4.90 Å². The number of rotatable bonds is 6. The predicted molar refractivity (Wildman–Crippen MR) is 92.9 cm³/mol. The molecule has 2 aromatic rings. The van der Waals surface area contributed by atoms with E-state index >= 15 is 0 Å². The molecule has 2 aromatic carbocycles. The van der Waals surface area contributed by atoms with Gasteiger partial charge in [-0.25, -0.2) is 0 Å². The lowest BCUT2D eigenvalue weighted by Gasteiger charge is -2.17. The number of ketones is 1. The van der Waals surface area contributed by atoms with Gasteiger partial charge in [0.25, 0.3) is 0 Å². The third kappa shape index (κ3) is 5.38. The van der Waals surface area contributed by atoms with Crippen LogP contribution in [-0.4, -0.2) is 23.6 Å². The van der Waals surface area contributed by atoms with Crippen LogP contribution in [-0.2, 0) is 11.3 Å². The Bertz CT molecular complexity index is 681. The van der Waals surface area contributed by atoms with Crippen LogP contribution in [0.1, 0.15) is 28.8 Å². The third-order valence-electron chi connectivity index (χ3n) is 3.49. The Morgan fingerprint density at radius 1 is 0.870 bits per heavy atom. The van der Waals surface area contributed by atoms with E-state index in [0.29, 0.717) is 22.2 Å². The lowest BCUT2D eigenvalue weighted by atomic mass is 10.1. The lowest BCUT2D eigenvalue weighted by Crippen LogP contribution is -2.26. The molecule has 0 aliphatic rings. The maximum Gasteiger partial charge on any atom is 0.223 e. The second-order valence-corrected chi connectivity index (χ2v) is 6.18. The molecular formula is C18H17Cl2NO2. The first-order valence-electron chi connectivity index (χ1n) is 7.23. The fourth-order valence-electron chi connectivity index (χ4n) is 2.14. The topological polar surface area (TPSA) is 37.4 Å². The molecule has 0 N–H and O–H groups in total. The number of nitrogens with zero attached hydrogens (tertiary/aromatic N) is 1. The van der Waals surface area contributed by atoms with Crippen molar-refractivity contribution in [3.05, 3.63) is 69.7 Å². The van der Waals surface area contributed by atoms with E-state index in [1.807, 2.05) is 12.1 Å². The maximum atomic E-state index is 12.1. The highest BCUT2D eigenvalue weighted by atomic mass is 35.5. The normalized spacial score (nSPS) is 10.4. The molecule has 0 aliphatic carbocycles. The van der Waals surface area contributed by atoms with Crippen molar-refractivity contribution < 1.29 is 9.59 Å². The molecule has 0 aliphatic heterocycles. The Balaban J connectivity index is 1.84. The number of benzene rings is 2. The SMILES string of the molecule is CN(Cc1ccc(Cl)cc1)C(=O)CCC(=O)c1ccc(Cl)cc1. The first kappa shape index (κ1) is 17.5. The number of carbonyl (C=O) groups is 2. The number of amides is 1. The van der Waals surface area contributed by atoms with Crippen molar-refractivity contribution in [3.63, 3.8) is 0 Å². The van der Waals surface area contributed by atoms with Gasteiger partial charge in [-0.3, -0.25) is 9.59 Å². The van der Waals surface area contributed by atoms with Crippen LogP contribution in [0.3, 0.4) is 0 Å². The van der Waals surface area contributed by atoms with E-state index in [4.69, 9.17) is 23.2 Å². The molecule has 120 valence electrons. The second-order valence-electron chi connectivity index (χ2n) is 5.31. The van der Waals surface area contributed by atoms with Gasteiger partial charge in [0.05, 0.1) is 0 Å². The Labute approximate surface area is 145 Å². The Hall–Kier alpha value is -1.84. The zero-order chi connectivity index (χ0) is 16.8. The van der Waals surface area contributed by atoms with Crippen molar-refractivity contribution in [3.8, 4) is 0 Å². The van der Waals surface area contributed by atoms with Crippen LogP contribution in [0.15, 0.2) is 48.5 Å². The van der Waals surface area contributed by atoms with Gasteiger partial charge in [0.1, 0.15) is 0 Å². The summed E-state index contributed by atoms with van der Waals surface area (Å²) >= 11 is 11.6. The summed E-state index contributed by atoms with van der Waals surface area (Å²) in [5.74, 6) is -0.128. The minimum Gasteiger partial charge on any atom is -0.341 e. The molecule has 0 atom stereocenters. The smallest absolute Gasteiger partial charge is 0.223 e.